The van der Waals surface area contributed by atoms with Gasteiger partial charge in [-0.25, -0.2) is 8.42 Å². The maximum Gasteiger partial charge on any atom is 0.291 e. The molecule has 3 aromatic rings. The van der Waals surface area contributed by atoms with Gasteiger partial charge in [0.15, 0.2) is 26.8 Å². The first kappa shape index (κ1) is 20.6. The van der Waals surface area contributed by atoms with Crippen molar-refractivity contribution in [1.29, 1.82) is 0 Å². The molecule has 8 nitrogen and oxygen atoms in total. The molecular weight excluding hydrogens is 434 g/mol. The number of ether oxygens (including phenoxy) is 2. The summed E-state index contributed by atoms with van der Waals surface area (Å²) in [5.74, 6) is 0.267. The van der Waals surface area contributed by atoms with E-state index in [2.05, 4.69) is 0 Å². The Morgan fingerprint density at radius 3 is 2.47 bits per heavy atom. The standard InChI is InChI=1S/C23H21NO7S/c1-29-17-8-7-13(11-18(17)30-2)20-19-21(25)15-5-3-4-6-16(15)31-22(19)23(26)24(20)14-9-10-32(27,28)12-14/h3-8,11,14,20H,9-10,12H2,1-2H3. The lowest BCUT2D eigenvalue weighted by Crippen LogP contribution is -2.40. The van der Waals surface area contributed by atoms with Crippen molar-refractivity contribution in [3.8, 4) is 11.5 Å². The van der Waals surface area contributed by atoms with E-state index in [-0.39, 0.29) is 28.3 Å². The van der Waals surface area contributed by atoms with Crippen LogP contribution in [0.4, 0.5) is 0 Å². The SMILES string of the molecule is COc1ccc(C2c3c(oc4ccccc4c3=O)C(=O)N2C2CCS(=O)(=O)C2)cc1OC. The Morgan fingerprint density at radius 1 is 1.03 bits per heavy atom. The lowest BCUT2D eigenvalue weighted by atomic mass is 9.97. The van der Waals surface area contributed by atoms with Crippen molar-refractivity contribution in [2.45, 2.75) is 18.5 Å². The lowest BCUT2D eigenvalue weighted by molar-refractivity contribution is 0.0662. The minimum Gasteiger partial charge on any atom is -0.493 e. The van der Waals surface area contributed by atoms with Crippen molar-refractivity contribution in [2.75, 3.05) is 25.7 Å². The molecule has 0 bridgehead atoms. The van der Waals surface area contributed by atoms with Crippen molar-refractivity contribution < 1.29 is 27.1 Å². The molecule has 32 heavy (non-hydrogen) atoms. The minimum atomic E-state index is -3.27. The van der Waals surface area contributed by atoms with Gasteiger partial charge in [0.1, 0.15) is 5.58 Å². The van der Waals surface area contributed by atoms with E-state index in [1.54, 1.807) is 42.5 Å². The third-order valence-electron chi connectivity index (χ3n) is 6.14. The summed E-state index contributed by atoms with van der Waals surface area (Å²) in [5, 5.41) is 0.366. The topological polar surface area (TPSA) is 103 Å². The lowest BCUT2D eigenvalue weighted by Gasteiger charge is -2.30. The van der Waals surface area contributed by atoms with Crippen LogP contribution < -0.4 is 14.9 Å². The monoisotopic (exact) mass is 455 g/mol. The van der Waals surface area contributed by atoms with Crippen molar-refractivity contribution >= 4 is 26.7 Å². The van der Waals surface area contributed by atoms with Crippen molar-refractivity contribution in [3.63, 3.8) is 0 Å². The van der Waals surface area contributed by atoms with Gasteiger partial charge in [0.25, 0.3) is 5.91 Å². The number of para-hydroxylation sites is 1. The van der Waals surface area contributed by atoms with E-state index in [9.17, 15) is 18.0 Å². The van der Waals surface area contributed by atoms with E-state index < -0.39 is 27.8 Å². The molecule has 1 amide bonds. The fourth-order valence-corrected chi connectivity index (χ4v) is 6.37. The molecule has 166 valence electrons. The normalized spacial score (nSPS) is 21.7. The number of rotatable bonds is 4. The summed E-state index contributed by atoms with van der Waals surface area (Å²) in [6.45, 7) is 0. The molecule has 0 saturated carbocycles. The summed E-state index contributed by atoms with van der Waals surface area (Å²) in [6.07, 6.45) is 0.305. The Bertz CT molecular complexity index is 1410. The van der Waals surface area contributed by atoms with Crippen LogP contribution in [0, 0.1) is 0 Å². The average molecular weight is 455 g/mol. The van der Waals surface area contributed by atoms with Crippen LogP contribution in [0.15, 0.2) is 51.7 Å². The van der Waals surface area contributed by atoms with Crippen LogP contribution in [0.2, 0.25) is 0 Å². The van der Waals surface area contributed by atoms with Crippen LogP contribution in [0.1, 0.15) is 34.1 Å². The van der Waals surface area contributed by atoms with Crippen molar-refractivity contribution in [2.24, 2.45) is 0 Å². The highest BCUT2D eigenvalue weighted by Gasteiger charge is 2.48. The number of fused-ring (bicyclic) bond motifs is 2. The van der Waals surface area contributed by atoms with E-state index in [4.69, 9.17) is 13.9 Å². The second kappa shape index (κ2) is 7.37. The highest BCUT2D eigenvalue weighted by atomic mass is 32.2. The van der Waals surface area contributed by atoms with E-state index in [1.807, 2.05) is 0 Å². The number of sulfone groups is 1. The Hall–Kier alpha value is -3.33. The second-order valence-electron chi connectivity index (χ2n) is 7.96. The third kappa shape index (κ3) is 3.07. The first-order valence-corrected chi connectivity index (χ1v) is 12.0. The fourth-order valence-electron chi connectivity index (χ4n) is 4.66. The second-order valence-corrected chi connectivity index (χ2v) is 10.2. The zero-order chi connectivity index (χ0) is 22.6. The van der Waals surface area contributed by atoms with E-state index in [0.29, 0.717) is 34.5 Å². The minimum absolute atomic E-state index is 0.000202. The van der Waals surface area contributed by atoms with Crippen LogP contribution in [0.5, 0.6) is 11.5 Å². The number of amides is 1. The first-order chi connectivity index (χ1) is 15.3. The Morgan fingerprint density at radius 2 is 1.78 bits per heavy atom. The van der Waals surface area contributed by atoms with Gasteiger partial charge < -0.3 is 18.8 Å². The number of carbonyl (C=O) groups is 1. The van der Waals surface area contributed by atoms with Crippen molar-refractivity contribution in [1.82, 2.24) is 4.90 Å². The zero-order valence-electron chi connectivity index (χ0n) is 17.5. The van der Waals surface area contributed by atoms with Crippen LogP contribution in [-0.2, 0) is 9.84 Å². The predicted molar refractivity (Wildman–Crippen MR) is 117 cm³/mol. The molecular formula is C23H21NO7S. The maximum atomic E-state index is 13.5. The van der Waals surface area contributed by atoms with Crippen LogP contribution >= 0.6 is 0 Å². The molecule has 0 radical (unpaired) electrons. The zero-order valence-corrected chi connectivity index (χ0v) is 18.3. The van der Waals surface area contributed by atoms with Crippen LogP contribution in [0.25, 0.3) is 11.0 Å². The Balaban J connectivity index is 1.76. The number of nitrogens with zero attached hydrogens (tertiary/aromatic N) is 1. The van der Waals surface area contributed by atoms with Crippen molar-refractivity contribution in [3.05, 3.63) is 69.6 Å². The quantitative estimate of drug-likeness (QED) is 0.596. The van der Waals surface area contributed by atoms with E-state index in [0.717, 1.165) is 0 Å². The molecule has 1 fully saturated rings. The smallest absolute Gasteiger partial charge is 0.291 e. The average Bonchev–Trinajstić information content (AvgIpc) is 3.29. The van der Waals surface area contributed by atoms with E-state index >= 15 is 0 Å². The number of hydrogen-bond acceptors (Lipinski definition) is 7. The van der Waals surface area contributed by atoms with Gasteiger partial charge in [-0.2, -0.15) is 0 Å². The van der Waals surface area contributed by atoms with Gasteiger partial charge >= 0.3 is 0 Å². The van der Waals surface area contributed by atoms with Gasteiger partial charge in [-0.1, -0.05) is 18.2 Å². The molecule has 1 saturated heterocycles. The molecule has 2 aromatic carbocycles. The molecule has 2 aliphatic rings. The molecule has 2 aliphatic heterocycles. The first-order valence-electron chi connectivity index (χ1n) is 10.2. The van der Waals surface area contributed by atoms with Gasteiger partial charge in [0, 0.05) is 6.04 Å². The molecule has 0 N–H and O–H groups in total. The molecule has 2 atom stereocenters. The molecule has 0 aliphatic carbocycles. The molecule has 2 unspecified atom stereocenters. The maximum absolute atomic E-state index is 13.5. The Kier molecular flexibility index (Phi) is 4.74. The summed E-state index contributed by atoms with van der Waals surface area (Å²) < 4.78 is 41.0. The van der Waals surface area contributed by atoms with Gasteiger partial charge in [0.05, 0.1) is 42.7 Å². The predicted octanol–water partition coefficient (Wildman–Crippen LogP) is 2.54. The summed E-state index contributed by atoms with van der Waals surface area (Å²) in [6, 6.07) is 10.5. The third-order valence-corrected chi connectivity index (χ3v) is 7.89. The fraction of sp³-hybridized carbons (Fsp3) is 0.304. The van der Waals surface area contributed by atoms with Gasteiger partial charge in [0.2, 0.25) is 5.76 Å². The summed E-state index contributed by atoms with van der Waals surface area (Å²) in [4.78, 5) is 28.5. The number of methoxy groups -OCH3 is 2. The summed E-state index contributed by atoms with van der Waals surface area (Å²) in [7, 11) is -0.253. The van der Waals surface area contributed by atoms with E-state index in [1.165, 1.54) is 19.1 Å². The number of benzene rings is 2. The van der Waals surface area contributed by atoms with Crippen LogP contribution in [0.3, 0.4) is 0 Å². The number of hydrogen-bond donors (Lipinski definition) is 0. The van der Waals surface area contributed by atoms with Gasteiger partial charge in [-0.15, -0.1) is 0 Å². The molecule has 0 spiro atoms. The van der Waals surface area contributed by atoms with Gasteiger partial charge in [-0.05, 0) is 36.2 Å². The molecule has 5 rings (SSSR count). The summed E-state index contributed by atoms with van der Waals surface area (Å²) >= 11 is 0. The highest BCUT2D eigenvalue weighted by molar-refractivity contribution is 7.91. The summed E-state index contributed by atoms with van der Waals surface area (Å²) in [5.41, 5.74) is 0.835. The largest absolute Gasteiger partial charge is 0.493 e. The van der Waals surface area contributed by atoms with Gasteiger partial charge in [-0.3, -0.25) is 9.59 Å². The molecule has 1 aromatic heterocycles. The molecule has 9 heteroatoms. The number of carbonyl (C=O) groups excluding carboxylic acids is 1. The molecule has 3 heterocycles. The van der Waals surface area contributed by atoms with Crippen LogP contribution in [-0.4, -0.2) is 51.0 Å². The highest BCUT2D eigenvalue weighted by Crippen LogP contribution is 2.43. The Labute approximate surface area is 184 Å².